The molecule has 0 aromatic heterocycles. The summed E-state index contributed by atoms with van der Waals surface area (Å²) in [5.41, 5.74) is 7.04. The van der Waals surface area contributed by atoms with Crippen LogP contribution < -0.4 is 10.5 Å². The molecule has 8 heteroatoms. The molecule has 1 aromatic rings. The van der Waals surface area contributed by atoms with Gasteiger partial charge in [0.05, 0.1) is 12.8 Å². The topological polar surface area (TPSA) is 119 Å². The smallest absolute Gasteiger partial charge is 0.336 e. The van der Waals surface area contributed by atoms with Gasteiger partial charge in [-0.2, -0.15) is 0 Å². The molecule has 0 aliphatic rings. The van der Waals surface area contributed by atoms with Crippen LogP contribution in [0, 0.1) is 13.8 Å². The normalized spacial score (nSPS) is 13.0. The highest BCUT2D eigenvalue weighted by Crippen LogP contribution is 2.25. The second-order valence-electron chi connectivity index (χ2n) is 4.33. The quantitative estimate of drug-likeness (QED) is 0.507. The number of sulfonamides is 1. The Labute approximate surface area is 117 Å². The predicted octanol–water partition coefficient (Wildman–Crippen LogP) is -0.302. The molecule has 0 spiro atoms. The van der Waals surface area contributed by atoms with E-state index < -0.39 is 28.6 Å². The fourth-order valence-corrected chi connectivity index (χ4v) is 3.11. The van der Waals surface area contributed by atoms with Gasteiger partial charge < -0.3 is 15.6 Å². The van der Waals surface area contributed by atoms with E-state index in [1.54, 1.807) is 26.0 Å². The molecule has 0 heterocycles. The van der Waals surface area contributed by atoms with Crippen molar-refractivity contribution in [3.63, 3.8) is 0 Å². The number of carbonyl (C=O) groups is 1. The number of rotatable bonds is 5. The molecule has 1 aromatic carbocycles. The number of hydrogen-bond acceptors (Lipinski definition) is 6. The van der Waals surface area contributed by atoms with Crippen molar-refractivity contribution >= 4 is 21.7 Å². The number of nitrogen functional groups attached to an aromatic ring is 1. The van der Waals surface area contributed by atoms with Gasteiger partial charge in [-0.25, -0.2) is 17.9 Å². The molecule has 0 aliphatic heterocycles. The number of esters is 1. The van der Waals surface area contributed by atoms with Crippen molar-refractivity contribution < 1.29 is 23.1 Å². The maximum atomic E-state index is 12.2. The molecule has 7 nitrogen and oxygen atoms in total. The number of hydrogen-bond donors (Lipinski definition) is 3. The first-order chi connectivity index (χ1) is 9.20. The molecule has 0 saturated heterocycles. The number of benzene rings is 1. The second-order valence-corrected chi connectivity index (χ2v) is 6.04. The number of nitrogens with one attached hydrogen (secondary N) is 1. The van der Waals surface area contributed by atoms with E-state index in [1.165, 1.54) is 0 Å². The number of aryl methyl sites for hydroxylation is 2. The molecule has 1 unspecified atom stereocenters. The van der Waals surface area contributed by atoms with E-state index in [1.807, 2.05) is 0 Å². The Morgan fingerprint density at radius 1 is 1.40 bits per heavy atom. The van der Waals surface area contributed by atoms with Gasteiger partial charge in [0.2, 0.25) is 10.0 Å². The fraction of sp³-hybridized carbons (Fsp3) is 0.417. The van der Waals surface area contributed by atoms with Crippen LogP contribution in [0.15, 0.2) is 17.0 Å². The first kappa shape index (κ1) is 16.4. The zero-order valence-corrected chi connectivity index (χ0v) is 12.3. The Kier molecular flexibility index (Phi) is 5.09. The molecule has 0 saturated carbocycles. The maximum Gasteiger partial charge on any atom is 0.336 e. The van der Waals surface area contributed by atoms with Crippen molar-refractivity contribution in [1.82, 2.24) is 4.72 Å². The number of aliphatic hydroxyl groups excluding tert-OH is 1. The van der Waals surface area contributed by atoms with E-state index in [0.717, 1.165) is 7.11 Å². The second kappa shape index (κ2) is 6.21. The average molecular weight is 302 g/mol. The van der Waals surface area contributed by atoms with Crippen molar-refractivity contribution in [1.29, 1.82) is 0 Å². The maximum absolute atomic E-state index is 12.2. The zero-order valence-electron chi connectivity index (χ0n) is 11.5. The highest BCUT2D eigenvalue weighted by atomic mass is 32.2. The van der Waals surface area contributed by atoms with Crippen LogP contribution in [0.1, 0.15) is 11.1 Å². The lowest BCUT2D eigenvalue weighted by molar-refractivity contribution is -0.149. The Hall–Kier alpha value is -1.64. The minimum Gasteiger partial charge on any atom is -0.467 e. The van der Waals surface area contributed by atoms with Crippen LogP contribution in [0.5, 0.6) is 0 Å². The number of anilines is 1. The summed E-state index contributed by atoms with van der Waals surface area (Å²) in [5.74, 6) is -0.915. The third-order valence-electron chi connectivity index (χ3n) is 2.82. The van der Waals surface area contributed by atoms with Crippen LogP contribution in [0.4, 0.5) is 5.69 Å². The molecule has 0 bridgehead atoms. The van der Waals surface area contributed by atoms with Crippen LogP contribution >= 0.6 is 0 Å². The first-order valence-electron chi connectivity index (χ1n) is 5.82. The zero-order chi connectivity index (χ0) is 15.5. The van der Waals surface area contributed by atoms with Crippen molar-refractivity contribution in [3.05, 3.63) is 23.3 Å². The van der Waals surface area contributed by atoms with Crippen LogP contribution in [-0.2, 0) is 19.6 Å². The summed E-state index contributed by atoms with van der Waals surface area (Å²) in [6, 6.07) is 3.35. The molecule has 1 rings (SSSR count). The van der Waals surface area contributed by atoms with Gasteiger partial charge >= 0.3 is 5.97 Å². The van der Waals surface area contributed by atoms with Crippen molar-refractivity contribution in [3.8, 4) is 0 Å². The molecule has 0 aliphatic carbocycles. The number of aliphatic hydroxyl groups is 1. The summed E-state index contributed by atoms with van der Waals surface area (Å²) in [6.07, 6.45) is -1.57. The first-order valence-corrected chi connectivity index (χ1v) is 7.30. The number of methoxy groups -OCH3 is 1. The van der Waals surface area contributed by atoms with Gasteiger partial charge in [0.25, 0.3) is 0 Å². The molecular formula is C12H18N2O5S. The van der Waals surface area contributed by atoms with Crippen molar-refractivity contribution in [2.45, 2.75) is 24.8 Å². The van der Waals surface area contributed by atoms with E-state index in [9.17, 15) is 18.3 Å². The molecule has 0 amide bonds. The van der Waals surface area contributed by atoms with Gasteiger partial charge in [0, 0.05) is 6.54 Å². The van der Waals surface area contributed by atoms with Crippen LogP contribution in [-0.4, -0.2) is 39.3 Å². The fourth-order valence-electron chi connectivity index (χ4n) is 1.64. The third-order valence-corrected chi connectivity index (χ3v) is 4.45. The Balaban J connectivity index is 3.01. The number of ether oxygens (including phenoxy) is 1. The predicted molar refractivity (Wildman–Crippen MR) is 73.5 cm³/mol. The van der Waals surface area contributed by atoms with Crippen molar-refractivity contribution in [2.24, 2.45) is 0 Å². The lowest BCUT2D eigenvalue weighted by Crippen LogP contribution is -2.37. The third kappa shape index (κ3) is 3.47. The van der Waals surface area contributed by atoms with E-state index >= 15 is 0 Å². The van der Waals surface area contributed by atoms with Crippen LogP contribution in [0.25, 0.3) is 0 Å². The molecule has 0 fully saturated rings. The van der Waals surface area contributed by atoms with Crippen LogP contribution in [0.2, 0.25) is 0 Å². The summed E-state index contributed by atoms with van der Waals surface area (Å²) in [5, 5.41) is 9.39. The highest BCUT2D eigenvalue weighted by molar-refractivity contribution is 7.89. The Morgan fingerprint density at radius 3 is 2.50 bits per heavy atom. The van der Waals surface area contributed by atoms with Gasteiger partial charge in [0.15, 0.2) is 6.10 Å². The van der Waals surface area contributed by atoms with E-state index in [-0.39, 0.29) is 10.6 Å². The molecule has 20 heavy (non-hydrogen) atoms. The summed E-state index contributed by atoms with van der Waals surface area (Å²) < 4.78 is 30.8. The van der Waals surface area contributed by atoms with E-state index in [2.05, 4.69) is 9.46 Å². The molecule has 112 valence electrons. The monoisotopic (exact) mass is 302 g/mol. The van der Waals surface area contributed by atoms with Gasteiger partial charge in [0.1, 0.15) is 4.90 Å². The number of nitrogens with two attached hydrogens (primary N) is 1. The molecule has 4 N–H and O–H groups in total. The Bertz CT molecular complexity index is 613. The lowest BCUT2D eigenvalue weighted by atomic mass is 10.1. The van der Waals surface area contributed by atoms with Gasteiger partial charge in [-0.1, -0.05) is 12.1 Å². The van der Waals surface area contributed by atoms with Gasteiger partial charge in [-0.05, 0) is 25.0 Å². The number of carbonyl (C=O) groups excluding carboxylic acids is 1. The summed E-state index contributed by atoms with van der Waals surface area (Å²) in [4.78, 5) is 11.0. The van der Waals surface area contributed by atoms with Crippen LogP contribution in [0.3, 0.4) is 0 Å². The van der Waals surface area contributed by atoms with Gasteiger partial charge in [-0.3, -0.25) is 0 Å². The SMILES string of the molecule is COC(=O)C(O)CNS(=O)(=O)c1c(C)ccc(C)c1N. The highest BCUT2D eigenvalue weighted by Gasteiger charge is 2.24. The average Bonchev–Trinajstić information content (AvgIpc) is 2.39. The summed E-state index contributed by atoms with van der Waals surface area (Å²) >= 11 is 0. The Morgan fingerprint density at radius 2 is 1.95 bits per heavy atom. The van der Waals surface area contributed by atoms with Crippen molar-refractivity contribution in [2.75, 3.05) is 19.4 Å². The summed E-state index contributed by atoms with van der Waals surface area (Å²) in [6.45, 7) is 2.82. The minimum atomic E-state index is -3.92. The van der Waals surface area contributed by atoms with E-state index in [0.29, 0.717) is 11.1 Å². The standard InChI is InChI=1S/C12H18N2O5S/c1-7-4-5-8(2)11(10(7)13)20(17,18)14-6-9(15)12(16)19-3/h4-5,9,14-15H,6,13H2,1-3H3. The lowest BCUT2D eigenvalue weighted by Gasteiger charge is -2.14. The van der Waals surface area contributed by atoms with Gasteiger partial charge in [-0.15, -0.1) is 0 Å². The molecular weight excluding hydrogens is 284 g/mol. The summed E-state index contributed by atoms with van der Waals surface area (Å²) in [7, 11) is -2.82. The largest absolute Gasteiger partial charge is 0.467 e. The molecule has 1 atom stereocenters. The van der Waals surface area contributed by atoms with E-state index in [4.69, 9.17) is 5.73 Å². The minimum absolute atomic E-state index is 0.0467. The molecule has 0 radical (unpaired) electrons.